The van der Waals surface area contributed by atoms with Crippen LogP contribution in [0.15, 0.2) is 51.2 Å². The summed E-state index contributed by atoms with van der Waals surface area (Å²) >= 11 is 6.35. The minimum atomic E-state index is -4.81. The highest BCUT2D eigenvalue weighted by Crippen LogP contribution is 2.54. The second-order valence-electron chi connectivity index (χ2n) is 13.9. The number of para-hydroxylation sites is 1. The summed E-state index contributed by atoms with van der Waals surface area (Å²) in [5.74, 6) is -2.03. The maximum Gasteiger partial charge on any atom is 0.530 e. The number of ether oxygens (including phenoxy) is 3. The fourth-order valence-electron chi connectivity index (χ4n) is 6.10. The number of ketones is 1. The SMILES string of the molecule is CC(=O)CCC(=O)O[C@H]1C[C@@H](n2cc(C)c(=O)[nH]c2=O)O[C@@H]1COP(=O)(Oc1ccccc1Cl)O[C@H]1CC(n2cnc3c(=O)[nH]c(NC(=O)C(C)C)nc32)O[C@@H]1CO. The number of Topliss-reactive ketones (excluding diaryl/α,β-unsaturated/α-hetero) is 1. The number of fused-ring (bicyclic) bond motifs is 1. The Kier molecular flexibility index (Phi) is 13.1. The predicted octanol–water partition coefficient (Wildman–Crippen LogP) is 2.66. The minimum absolute atomic E-state index is 0.0329. The number of benzene rings is 1. The number of nitrogens with one attached hydrogen (secondary N) is 3. The van der Waals surface area contributed by atoms with Crippen molar-refractivity contribution < 1.29 is 51.8 Å². The van der Waals surface area contributed by atoms with E-state index in [0.717, 1.165) is 4.57 Å². The van der Waals surface area contributed by atoms with Crippen LogP contribution in [0, 0.1) is 12.8 Å². The maximum atomic E-state index is 14.7. The molecule has 0 saturated carbocycles. The number of aryl methyl sites for hydroxylation is 1. The highest BCUT2D eigenvalue weighted by atomic mass is 35.5. The quantitative estimate of drug-likeness (QED) is 0.0932. The Morgan fingerprint density at radius 3 is 2.45 bits per heavy atom. The van der Waals surface area contributed by atoms with Gasteiger partial charge in [-0.25, -0.2) is 14.3 Å². The first-order valence-corrected chi connectivity index (χ1v) is 20.0. The first-order valence-electron chi connectivity index (χ1n) is 18.1. The monoisotopic (exact) mass is 849 g/mol. The summed E-state index contributed by atoms with van der Waals surface area (Å²) in [5, 5.41) is 12.9. The van der Waals surface area contributed by atoms with Crippen molar-refractivity contribution in [3.8, 4) is 5.75 Å². The number of anilines is 1. The number of rotatable bonds is 16. The molecule has 1 aromatic carbocycles. The van der Waals surface area contributed by atoms with Gasteiger partial charge in [0.1, 0.15) is 48.4 Å². The lowest BCUT2D eigenvalue weighted by Crippen LogP contribution is -2.33. The molecule has 21 nitrogen and oxygen atoms in total. The molecule has 2 saturated heterocycles. The number of amides is 1. The number of carbonyl (C=O) groups excluding carboxylic acids is 3. The molecule has 2 unspecified atom stereocenters. The van der Waals surface area contributed by atoms with E-state index in [4.69, 9.17) is 39.4 Å². The third-order valence-corrected chi connectivity index (χ3v) is 10.9. The Hall–Kier alpha value is -5.02. The van der Waals surface area contributed by atoms with Crippen LogP contribution in [0.4, 0.5) is 5.95 Å². The summed E-state index contributed by atoms with van der Waals surface area (Å²) in [6.07, 6.45) is -4.74. The third-order valence-electron chi connectivity index (χ3n) is 9.18. The molecule has 4 N–H and O–H groups in total. The van der Waals surface area contributed by atoms with Gasteiger partial charge in [0.25, 0.3) is 11.1 Å². The number of hydrogen-bond acceptors (Lipinski definition) is 16. The molecule has 0 spiro atoms. The smallest absolute Gasteiger partial charge is 0.459 e. The number of hydrogen-bond donors (Lipinski definition) is 4. The number of aromatic nitrogens is 6. The molecule has 312 valence electrons. The summed E-state index contributed by atoms with van der Waals surface area (Å²) in [6, 6.07) is 6.03. The van der Waals surface area contributed by atoms with Crippen LogP contribution in [0.2, 0.25) is 5.02 Å². The van der Waals surface area contributed by atoms with Crippen LogP contribution in [0.3, 0.4) is 0 Å². The van der Waals surface area contributed by atoms with E-state index in [2.05, 4.69) is 25.3 Å². The number of carbonyl (C=O) groups is 3. The summed E-state index contributed by atoms with van der Waals surface area (Å²) in [4.78, 5) is 87.4. The van der Waals surface area contributed by atoms with Gasteiger partial charge in [0.2, 0.25) is 11.9 Å². The number of esters is 1. The Morgan fingerprint density at radius 1 is 1.03 bits per heavy atom. The topological polar surface area (TPSA) is 274 Å². The molecule has 23 heteroatoms. The van der Waals surface area contributed by atoms with Crippen molar-refractivity contribution in [3.63, 3.8) is 0 Å². The molecule has 58 heavy (non-hydrogen) atoms. The first kappa shape index (κ1) is 42.6. The van der Waals surface area contributed by atoms with Gasteiger partial charge in [-0.15, -0.1) is 0 Å². The Labute approximate surface area is 333 Å². The average molecular weight is 850 g/mol. The molecule has 6 rings (SSSR count). The molecule has 2 fully saturated rings. The molecule has 5 heterocycles. The first-order chi connectivity index (χ1) is 27.5. The van der Waals surface area contributed by atoms with Crippen LogP contribution in [-0.2, 0) is 42.2 Å². The summed E-state index contributed by atoms with van der Waals surface area (Å²) in [5.41, 5.74) is -1.88. The van der Waals surface area contributed by atoms with Crippen LogP contribution in [0.25, 0.3) is 11.2 Å². The molecular formula is C35H41ClN7O14P. The van der Waals surface area contributed by atoms with Crippen molar-refractivity contribution in [1.29, 1.82) is 0 Å². The highest BCUT2D eigenvalue weighted by molar-refractivity contribution is 7.49. The lowest BCUT2D eigenvalue weighted by molar-refractivity contribution is -0.153. The number of halogens is 1. The van der Waals surface area contributed by atoms with Crippen molar-refractivity contribution in [3.05, 3.63) is 78.6 Å². The van der Waals surface area contributed by atoms with Crippen molar-refractivity contribution in [2.45, 2.75) is 90.2 Å². The van der Waals surface area contributed by atoms with Gasteiger partial charge in [0, 0.05) is 36.9 Å². The predicted molar refractivity (Wildman–Crippen MR) is 202 cm³/mol. The van der Waals surface area contributed by atoms with E-state index in [9.17, 15) is 38.4 Å². The largest absolute Gasteiger partial charge is 0.530 e. The van der Waals surface area contributed by atoms with Gasteiger partial charge in [-0.3, -0.25) is 52.6 Å². The molecule has 0 bridgehead atoms. The number of imidazole rings is 1. The van der Waals surface area contributed by atoms with Crippen molar-refractivity contribution in [2.75, 3.05) is 18.5 Å². The Balaban J connectivity index is 1.27. The van der Waals surface area contributed by atoms with Crippen LogP contribution in [-0.4, -0.2) is 89.5 Å². The number of phosphoric acid groups is 1. The fraction of sp³-hybridized carbons (Fsp3) is 0.486. The number of aliphatic hydroxyl groups is 1. The van der Waals surface area contributed by atoms with Crippen LogP contribution in [0.5, 0.6) is 5.75 Å². The van der Waals surface area contributed by atoms with Gasteiger partial charge >= 0.3 is 19.5 Å². The van der Waals surface area contributed by atoms with Crippen LogP contribution >= 0.6 is 19.4 Å². The van der Waals surface area contributed by atoms with Gasteiger partial charge in [-0.1, -0.05) is 37.6 Å². The van der Waals surface area contributed by atoms with E-state index >= 15 is 0 Å². The zero-order valence-electron chi connectivity index (χ0n) is 31.6. The van der Waals surface area contributed by atoms with Gasteiger partial charge in [-0.05, 0) is 26.0 Å². The van der Waals surface area contributed by atoms with Crippen LogP contribution < -0.4 is 26.6 Å². The fourth-order valence-corrected chi connectivity index (χ4v) is 7.77. The van der Waals surface area contributed by atoms with Crippen LogP contribution in [0.1, 0.15) is 64.5 Å². The molecule has 0 aliphatic carbocycles. The Morgan fingerprint density at radius 2 is 1.74 bits per heavy atom. The lowest BCUT2D eigenvalue weighted by Gasteiger charge is -2.26. The molecule has 0 radical (unpaired) electrons. The second kappa shape index (κ2) is 17.9. The number of aromatic amines is 2. The van der Waals surface area contributed by atoms with E-state index < -0.39 is 92.5 Å². The number of H-pyrrole nitrogens is 2. The van der Waals surface area contributed by atoms with Gasteiger partial charge in [0.05, 0.1) is 31.0 Å². The molecule has 2 aliphatic heterocycles. The van der Waals surface area contributed by atoms with Gasteiger partial charge in [-0.2, -0.15) is 4.98 Å². The molecular weight excluding hydrogens is 809 g/mol. The second-order valence-corrected chi connectivity index (χ2v) is 15.9. The van der Waals surface area contributed by atoms with E-state index in [1.807, 2.05) is 0 Å². The van der Waals surface area contributed by atoms with Crippen molar-refractivity contribution in [2.24, 2.45) is 5.92 Å². The van der Waals surface area contributed by atoms with E-state index in [0.29, 0.717) is 0 Å². The van der Waals surface area contributed by atoms with E-state index in [1.54, 1.807) is 26.0 Å². The highest BCUT2D eigenvalue weighted by Gasteiger charge is 2.46. The van der Waals surface area contributed by atoms with E-state index in [-0.39, 0.29) is 64.9 Å². The average Bonchev–Trinajstić information content (AvgIpc) is 3.89. The zero-order valence-corrected chi connectivity index (χ0v) is 33.3. The van der Waals surface area contributed by atoms with Gasteiger partial charge < -0.3 is 28.6 Å². The lowest BCUT2D eigenvalue weighted by atomic mass is 10.1. The standard InChI is InChI=1S/C35H41ClN7O14P/c1-17(2)31(47)39-34-38-30-29(33(49)40-34)37-16-43(30)27-12-23(24(14-44)53-27)57-58(51,56-21-8-6-5-7-20(21)36)52-15-25-22(55-28(46)10-9-19(4)45)11-26(54-25)42-13-18(3)32(48)41-35(42)50/h5-8,13,16-17,22-27,44H,9-12,14-15H2,1-4H3,(H,41,48,50)(H2,38,39,40,47,49)/t22-,23-,24+,25+,26-,27?,58?/m0/s1. The molecule has 2 aliphatic rings. The molecule has 7 atom stereocenters. The zero-order chi connectivity index (χ0) is 41.9. The minimum Gasteiger partial charge on any atom is -0.459 e. The number of nitrogens with zero attached hydrogens (tertiary/aromatic N) is 4. The van der Waals surface area contributed by atoms with Crippen molar-refractivity contribution >= 4 is 54.2 Å². The molecule has 1 amide bonds. The summed E-state index contributed by atoms with van der Waals surface area (Å²) in [6.45, 7) is 4.87. The third kappa shape index (κ3) is 9.80. The van der Waals surface area contributed by atoms with Gasteiger partial charge in [0.15, 0.2) is 11.2 Å². The summed E-state index contributed by atoms with van der Waals surface area (Å²) < 4.78 is 52.6. The summed E-state index contributed by atoms with van der Waals surface area (Å²) in [7, 11) is -4.81. The van der Waals surface area contributed by atoms with E-state index in [1.165, 1.54) is 43.1 Å². The Bertz CT molecular complexity index is 2410. The molecule has 4 aromatic rings. The molecule has 3 aromatic heterocycles. The number of aliphatic hydroxyl groups excluding tert-OH is 1. The van der Waals surface area contributed by atoms with Crippen molar-refractivity contribution in [1.82, 2.24) is 29.1 Å². The number of phosphoric ester groups is 1. The normalized spacial score (nSPS) is 22.9. The maximum absolute atomic E-state index is 14.7.